The molecule has 0 aliphatic heterocycles. The molecular formula is C16H28N2O2. The average Bonchev–Trinajstić information content (AvgIpc) is 2.45. The van der Waals surface area contributed by atoms with Gasteiger partial charge in [0, 0.05) is 18.3 Å². The van der Waals surface area contributed by atoms with E-state index < -0.39 is 0 Å². The second kappa shape index (κ2) is 9.48. The smallest absolute Gasteiger partial charge is 0.163 e. The Hall–Kier alpha value is -1.42. The Labute approximate surface area is 122 Å². The highest BCUT2D eigenvalue weighted by atomic mass is 16.5. The lowest BCUT2D eigenvalue weighted by Crippen LogP contribution is -2.26. The number of nitrogens with zero attached hydrogens (tertiary/aromatic N) is 1. The molecule has 20 heavy (non-hydrogen) atoms. The number of nitrogens with two attached hydrogens (primary N) is 1. The number of rotatable bonds is 10. The summed E-state index contributed by atoms with van der Waals surface area (Å²) in [5.74, 6) is 1.51. The normalized spacial score (nSPS) is 10.8. The molecule has 114 valence electrons. The molecule has 0 fully saturated rings. The molecule has 0 aliphatic rings. The Balaban J connectivity index is 2.42. The molecule has 0 heterocycles. The van der Waals surface area contributed by atoms with Crippen LogP contribution in [0.15, 0.2) is 18.2 Å². The van der Waals surface area contributed by atoms with Gasteiger partial charge >= 0.3 is 0 Å². The summed E-state index contributed by atoms with van der Waals surface area (Å²) in [7, 11) is 0. The van der Waals surface area contributed by atoms with Crippen molar-refractivity contribution in [2.75, 3.05) is 38.6 Å². The second-order valence-electron chi connectivity index (χ2n) is 4.78. The summed E-state index contributed by atoms with van der Waals surface area (Å²) in [4.78, 5) is 2.44. The van der Waals surface area contributed by atoms with Crippen molar-refractivity contribution >= 4 is 5.69 Å². The van der Waals surface area contributed by atoms with E-state index >= 15 is 0 Å². The molecule has 0 unspecified atom stereocenters. The zero-order chi connectivity index (χ0) is 14.8. The number of hydrogen-bond acceptors (Lipinski definition) is 4. The van der Waals surface area contributed by atoms with E-state index in [-0.39, 0.29) is 0 Å². The monoisotopic (exact) mass is 280 g/mol. The summed E-state index contributed by atoms with van der Waals surface area (Å²) in [5.41, 5.74) is 6.49. The van der Waals surface area contributed by atoms with Crippen LogP contribution in [0.2, 0.25) is 0 Å². The van der Waals surface area contributed by atoms with Crippen molar-refractivity contribution in [1.29, 1.82) is 0 Å². The van der Waals surface area contributed by atoms with Gasteiger partial charge in [0.25, 0.3) is 0 Å². The van der Waals surface area contributed by atoms with Gasteiger partial charge in [-0.15, -0.1) is 0 Å². The Bertz CT molecular complexity index is 383. The maximum atomic E-state index is 5.81. The number of ether oxygens (including phenoxy) is 2. The number of anilines is 1. The summed E-state index contributed by atoms with van der Waals surface area (Å²) in [6.45, 7) is 11.0. The maximum Gasteiger partial charge on any atom is 0.163 e. The van der Waals surface area contributed by atoms with Gasteiger partial charge in [-0.05, 0) is 45.0 Å². The van der Waals surface area contributed by atoms with E-state index in [4.69, 9.17) is 15.2 Å². The van der Waals surface area contributed by atoms with Gasteiger partial charge in [0.1, 0.15) is 0 Å². The van der Waals surface area contributed by atoms with Crippen molar-refractivity contribution in [3.05, 3.63) is 18.2 Å². The van der Waals surface area contributed by atoms with Gasteiger partial charge in [-0.3, -0.25) is 0 Å². The van der Waals surface area contributed by atoms with Gasteiger partial charge in [-0.25, -0.2) is 0 Å². The topological polar surface area (TPSA) is 47.7 Å². The Kier molecular flexibility index (Phi) is 7.88. The predicted molar refractivity (Wildman–Crippen MR) is 84.5 cm³/mol. The van der Waals surface area contributed by atoms with Crippen LogP contribution in [0.5, 0.6) is 11.5 Å². The SMILES string of the molecule is CCCN(CC)CCCOc1cc(N)ccc1OCC. The third-order valence-electron chi connectivity index (χ3n) is 3.13. The molecule has 0 amide bonds. The molecule has 0 saturated carbocycles. The minimum atomic E-state index is 0.625. The zero-order valence-corrected chi connectivity index (χ0v) is 13.0. The maximum absolute atomic E-state index is 5.81. The van der Waals surface area contributed by atoms with E-state index in [1.165, 1.54) is 6.42 Å². The van der Waals surface area contributed by atoms with Crippen molar-refractivity contribution in [2.45, 2.75) is 33.6 Å². The van der Waals surface area contributed by atoms with Gasteiger partial charge in [0.05, 0.1) is 13.2 Å². The largest absolute Gasteiger partial charge is 0.490 e. The summed E-state index contributed by atoms with van der Waals surface area (Å²) in [5, 5.41) is 0. The Morgan fingerprint density at radius 3 is 2.50 bits per heavy atom. The predicted octanol–water partition coefficient (Wildman–Crippen LogP) is 3.17. The molecule has 0 aromatic heterocycles. The van der Waals surface area contributed by atoms with Crippen LogP contribution in [0.1, 0.15) is 33.6 Å². The highest BCUT2D eigenvalue weighted by Crippen LogP contribution is 2.29. The first-order valence-corrected chi connectivity index (χ1v) is 7.58. The zero-order valence-electron chi connectivity index (χ0n) is 13.0. The number of nitrogen functional groups attached to an aromatic ring is 1. The van der Waals surface area contributed by atoms with Gasteiger partial charge in [-0.2, -0.15) is 0 Å². The van der Waals surface area contributed by atoms with E-state index in [9.17, 15) is 0 Å². The molecule has 0 spiro atoms. The van der Waals surface area contributed by atoms with Crippen LogP contribution in [0.4, 0.5) is 5.69 Å². The van der Waals surface area contributed by atoms with Crippen LogP contribution in [-0.4, -0.2) is 37.7 Å². The van der Waals surface area contributed by atoms with Crippen LogP contribution in [0, 0.1) is 0 Å². The quantitative estimate of drug-likeness (QED) is 0.528. The molecule has 2 N–H and O–H groups in total. The van der Waals surface area contributed by atoms with Crippen LogP contribution in [0.3, 0.4) is 0 Å². The Morgan fingerprint density at radius 2 is 1.85 bits per heavy atom. The van der Waals surface area contributed by atoms with E-state index in [0.717, 1.165) is 37.6 Å². The molecule has 4 nitrogen and oxygen atoms in total. The highest BCUT2D eigenvalue weighted by Gasteiger charge is 2.06. The van der Waals surface area contributed by atoms with Crippen molar-refractivity contribution < 1.29 is 9.47 Å². The molecule has 0 atom stereocenters. The van der Waals surface area contributed by atoms with Crippen molar-refractivity contribution in [3.8, 4) is 11.5 Å². The molecule has 0 aliphatic carbocycles. The van der Waals surface area contributed by atoms with Gasteiger partial charge in [-0.1, -0.05) is 13.8 Å². The van der Waals surface area contributed by atoms with Crippen molar-refractivity contribution in [3.63, 3.8) is 0 Å². The van der Waals surface area contributed by atoms with Gasteiger partial charge < -0.3 is 20.1 Å². The fourth-order valence-corrected chi connectivity index (χ4v) is 2.13. The fraction of sp³-hybridized carbons (Fsp3) is 0.625. The van der Waals surface area contributed by atoms with E-state index in [0.29, 0.717) is 18.9 Å². The number of benzene rings is 1. The first-order chi connectivity index (χ1) is 9.71. The molecule has 4 heteroatoms. The molecule has 0 bridgehead atoms. The Morgan fingerprint density at radius 1 is 1.05 bits per heavy atom. The standard InChI is InChI=1S/C16H28N2O2/c1-4-10-18(5-2)11-7-12-20-16-13-14(17)8-9-15(16)19-6-3/h8-9,13H,4-7,10-12,17H2,1-3H3. The molecule has 1 aromatic rings. The molecule has 1 rings (SSSR count). The van der Waals surface area contributed by atoms with Gasteiger partial charge in [0.2, 0.25) is 0 Å². The first-order valence-electron chi connectivity index (χ1n) is 7.58. The minimum Gasteiger partial charge on any atom is -0.490 e. The third kappa shape index (κ3) is 5.70. The molecule has 0 radical (unpaired) electrons. The highest BCUT2D eigenvalue weighted by molar-refractivity contribution is 5.51. The molecular weight excluding hydrogens is 252 g/mol. The van der Waals surface area contributed by atoms with E-state index in [1.54, 1.807) is 0 Å². The van der Waals surface area contributed by atoms with E-state index in [2.05, 4.69) is 18.7 Å². The van der Waals surface area contributed by atoms with Crippen LogP contribution in [0.25, 0.3) is 0 Å². The number of hydrogen-bond donors (Lipinski definition) is 1. The van der Waals surface area contributed by atoms with Gasteiger partial charge in [0.15, 0.2) is 11.5 Å². The lowest BCUT2D eigenvalue weighted by molar-refractivity contribution is 0.233. The van der Waals surface area contributed by atoms with Crippen LogP contribution < -0.4 is 15.2 Å². The molecule has 0 saturated heterocycles. The van der Waals surface area contributed by atoms with Crippen molar-refractivity contribution in [1.82, 2.24) is 4.90 Å². The van der Waals surface area contributed by atoms with E-state index in [1.807, 2.05) is 25.1 Å². The third-order valence-corrected chi connectivity index (χ3v) is 3.13. The summed E-state index contributed by atoms with van der Waals surface area (Å²) < 4.78 is 11.4. The molecule has 1 aromatic carbocycles. The summed E-state index contributed by atoms with van der Waals surface area (Å²) in [6, 6.07) is 5.52. The fourth-order valence-electron chi connectivity index (χ4n) is 2.13. The van der Waals surface area contributed by atoms with Crippen LogP contribution in [-0.2, 0) is 0 Å². The van der Waals surface area contributed by atoms with Crippen LogP contribution >= 0.6 is 0 Å². The summed E-state index contributed by atoms with van der Waals surface area (Å²) >= 11 is 0. The second-order valence-corrected chi connectivity index (χ2v) is 4.78. The minimum absolute atomic E-state index is 0.625. The lowest BCUT2D eigenvalue weighted by atomic mass is 10.3. The lowest BCUT2D eigenvalue weighted by Gasteiger charge is -2.19. The first kappa shape index (κ1) is 16.6. The summed E-state index contributed by atoms with van der Waals surface area (Å²) in [6.07, 6.45) is 2.20. The average molecular weight is 280 g/mol. The van der Waals surface area contributed by atoms with Crippen molar-refractivity contribution in [2.24, 2.45) is 0 Å².